The van der Waals surface area contributed by atoms with Gasteiger partial charge in [0.2, 0.25) is 0 Å². The number of ether oxygens (including phenoxy) is 1. The van der Waals surface area contributed by atoms with Gasteiger partial charge in [0.15, 0.2) is 5.82 Å². The molecule has 0 amide bonds. The van der Waals surface area contributed by atoms with E-state index in [1.807, 2.05) is 24.0 Å². The molecule has 0 aliphatic carbocycles. The lowest BCUT2D eigenvalue weighted by molar-refractivity contribution is 0.139. The van der Waals surface area contributed by atoms with Gasteiger partial charge >= 0.3 is 6.01 Å². The fourth-order valence-corrected chi connectivity index (χ4v) is 4.84. The number of likely N-dealkylation sites (tertiary alicyclic amines) is 1. The van der Waals surface area contributed by atoms with Crippen molar-refractivity contribution in [3.8, 4) is 11.8 Å². The van der Waals surface area contributed by atoms with Crippen molar-refractivity contribution in [3.63, 3.8) is 0 Å². The molecular weight excluding hydrogens is 395 g/mol. The molecule has 2 atom stereocenters. The molecule has 3 aromatic rings. The van der Waals surface area contributed by atoms with Gasteiger partial charge in [0, 0.05) is 37.0 Å². The highest BCUT2D eigenvalue weighted by atomic mass is 19.1. The number of benzene rings is 1. The molecule has 5 rings (SSSR count). The summed E-state index contributed by atoms with van der Waals surface area (Å²) in [6, 6.07) is 6.48. The molecular formula is C23H29FN6O. The van der Waals surface area contributed by atoms with Crippen molar-refractivity contribution in [1.29, 1.82) is 0 Å². The van der Waals surface area contributed by atoms with Gasteiger partial charge < -0.3 is 14.5 Å². The van der Waals surface area contributed by atoms with Crippen LogP contribution in [0.2, 0.25) is 0 Å². The summed E-state index contributed by atoms with van der Waals surface area (Å²) in [5.41, 5.74) is 3.10. The molecule has 2 aromatic heterocycles. The highest BCUT2D eigenvalue weighted by Gasteiger charge is 2.30. The number of alkyl halides is 1. The van der Waals surface area contributed by atoms with Gasteiger partial charge in [-0.3, -0.25) is 0 Å². The molecule has 0 bridgehead atoms. The van der Waals surface area contributed by atoms with Gasteiger partial charge in [-0.2, -0.15) is 15.1 Å². The van der Waals surface area contributed by atoms with E-state index < -0.39 is 6.17 Å². The van der Waals surface area contributed by atoms with Crippen molar-refractivity contribution in [2.24, 2.45) is 5.92 Å². The fraction of sp³-hybridized carbons (Fsp3) is 0.522. The topological polar surface area (TPSA) is 59.3 Å². The Morgan fingerprint density at radius 3 is 2.58 bits per heavy atom. The second-order valence-corrected chi connectivity index (χ2v) is 9.08. The molecule has 0 N–H and O–H groups in total. The maximum Gasteiger partial charge on any atom is 0.320 e. The van der Waals surface area contributed by atoms with E-state index in [4.69, 9.17) is 4.74 Å². The minimum atomic E-state index is -0.870. The number of hydrogen-bond acceptors (Lipinski definition) is 6. The summed E-state index contributed by atoms with van der Waals surface area (Å²) >= 11 is 0. The molecule has 31 heavy (non-hydrogen) atoms. The highest BCUT2D eigenvalue weighted by molar-refractivity contribution is 5.82. The summed E-state index contributed by atoms with van der Waals surface area (Å²) in [5.74, 6) is 2.06. The number of piperidine rings is 1. The van der Waals surface area contributed by atoms with E-state index in [-0.39, 0.29) is 5.92 Å². The summed E-state index contributed by atoms with van der Waals surface area (Å²) in [5, 5.41) is 5.62. The zero-order valence-electron chi connectivity index (χ0n) is 18.5. The molecule has 0 spiro atoms. The van der Waals surface area contributed by atoms with Crippen LogP contribution in [0.4, 0.5) is 10.2 Å². The van der Waals surface area contributed by atoms with Crippen molar-refractivity contribution in [2.75, 3.05) is 45.2 Å². The van der Waals surface area contributed by atoms with Crippen LogP contribution >= 0.6 is 0 Å². The van der Waals surface area contributed by atoms with Crippen molar-refractivity contribution in [1.82, 2.24) is 24.6 Å². The molecule has 2 aliphatic heterocycles. The van der Waals surface area contributed by atoms with Crippen LogP contribution in [0.3, 0.4) is 0 Å². The van der Waals surface area contributed by atoms with Gasteiger partial charge in [0.1, 0.15) is 12.0 Å². The van der Waals surface area contributed by atoms with Crippen LogP contribution in [0.5, 0.6) is 6.01 Å². The average molecular weight is 425 g/mol. The van der Waals surface area contributed by atoms with E-state index in [0.29, 0.717) is 24.3 Å². The minimum Gasteiger partial charge on any atom is -0.467 e. The number of aromatic nitrogens is 4. The van der Waals surface area contributed by atoms with Crippen molar-refractivity contribution in [2.45, 2.75) is 32.4 Å². The zero-order chi connectivity index (χ0) is 21.7. The second kappa shape index (κ2) is 7.75. The minimum absolute atomic E-state index is 0.0954. The van der Waals surface area contributed by atoms with E-state index >= 15 is 0 Å². The second-order valence-electron chi connectivity index (χ2n) is 9.08. The van der Waals surface area contributed by atoms with E-state index in [0.717, 1.165) is 53.9 Å². The monoisotopic (exact) mass is 424 g/mol. The lowest BCUT2D eigenvalue weighted by Gasteiger charge is -2.38. The van der Waals surface area contributed by atoms with Crippen LogP contribution in [0.1, 0.15) is 30.4 Å². The smallest absolute Gasteiger partial charge is 0.320 e. The Hall–Kier alpha value is -2.74. The third-order valence-electron chi connectivity index (χ3n) is 6.57. The van der Waals surface area contributed by atoms with Crippen molar-refractivity contribution < 1.29 is 9.13 Å². The lowest BCUT2D eigenvalue weighted by Crippen LogP contribution is -2.45. The maximum atomic E-state index is 14.9. The van der Waals surface area contributed by atoms with Gasteiger partial charge in [-0.25, -0.2) is 9.07 Å². The van der Waals surface area contributed by atoms with Crippen LogP contribution in [0.25, 0.3) is 16.7 Å². The Morgan fingerprint density at radius 2 is 1.87 bits per heavy atom. The van der Waals surface area contributed by atoms with Crippen LogP contribution < -0.4 is 9.64 Å². The van der Waals surface area contributed by atoms with Gasteiger partial charge in [-0.1, -0.05) is 6.92 Å². The Kier molecular flexibility index (Phi) is 5.04. The molecule has 0 unspecified atom stereocenters. The predicted octanol–water partition coefficient (Wildman–Crippen LogP) is 3.35. The molecule has 4 heterocycles. The molecule has 2 aliphatic rings. The Labute approximate surface area is 181 Å². The van der Waals surface area contributed by atoms with Crippen LogP contribution in [0.15, 0.2) is 24.4 Å². The first-order chi connectivity index (χ1) is 14.9. The fourth-order valence-electron chi connectivity index (χ4n) is 4.84. The molecule has 0 radical (unpaired) electrons. The van der Waals surface area contributed by atoms with Gasteiger partial charge in [-0.05, 0) is 56.1 Å². The third kappa shape index (κ3) is 3.63. The quantitative estimate of drug-likeness (QED) is 0.640. The van der Waals surface area contributed by atoms with Crippen molar-refractivity contribution >= 4 is 16.7 Å². The standard InChI is InChI=1S/C23H29FN6O/c1-14-11-29(12-14)21-9-22(27-23(26-21)31-4)30-20-8-18(15(2)7-16(20)10-25-30)17-5-6-28(3)13-19(17)24/h7-10,14,17,19H,5-6,11-13H2,1-4H3/t17-,19-/m0/s1. The van der Waals surface area contributed by atoms with Crippen LogP contribution in [-0.2, 0) is 0 Å². The molecule has 0 saturated carbocycles. The predicted molar refractivity (Wildman–Crippen MR) is 119 cm³/mol. The number of fused-ring (bicyclic) bond motifs is 1. The molecule has 8 heteroatoms. The molecule has 7 nitrogen and oxygen atoms in total. The van der Waals surface area contributed by atoms with E-state index in [2.05, 4.69) is 50.8 Å². The van der Waals surface area contributed by atoms with E-state index in [1.165, 1.54) is 0 Å². The first kappa shape index (κ1) is 20.2. The molecule has 164 valence electrons. The Morgan fingerprint density at radius 1 is 1.10 bits per heavy atom. The number of halogens is 1. The number of rotatable bonds is 4. The van der Waals surface area contributed by atoms with Gasteiger partial charge in [0.25, 0.3) is 0 Å². The van der Waals surface area contributed by atoms with E-state index in [9.17, 15) is 4.39 Å². The summed E-state index contributed by atoms with van der Waals surface area (Å²) < 4.78 is 22.1. The zero-order valence-corrected chi connectivity index (χ0v) is 18.5. The number of hydrogen-bond donors (Lipinski definition) is 0. The van der Waals surface area contributed by atoms with Gasteiger partial charge in [-0.15, -0.1) is 0 Å². The lowest BCUT2D eigenvalue weighted by atomic mass is 9.85. The van der Waals surface area contributed by atoms with E-state index in [1.54, 1.807) is 7.11 Å². The SMILES string of the molecule is COc1nc(N2CC(C)C2)cc(-n2ncc3cc(C)c([C@@H]4CCN(C)C[C@@H]4F)cc32)n1. The Balaban J connectivity index is 1.57. The Bertz CT molecular complexity index is 1110. The largest absolute Gasteiger partial charge is 0.467 e. The number of anilines is 1. The first-order valence-electron chi connectivity index (χ1n) is 10.9. The molecule has 1 aromatic carbocycles. The summed E-state index contributed by atoms with van der Waals surface area (Å²) in [6.45, 7) is 7.61. The molecule has 2 fully saturated rings. The first-order valence-corrected chi connectivity index (χ1v) is 10.9. The van der Waals surface area contributed by atoms with Gasteiger partial charge in [0.05, 0.1) is 18.8 Å². The van der Waals surface area contributed by atoms with Crippen molar-refractivity contribution in [3.05, 3.63) is 35.5 Å². The maximum absolute atomic E-state index is 14.9. The number of methoxy groups -OCH3 is 1. The number of nitrogens with zero attached hydrogens (tertiary/aromatic N) is 6. The summed E-state index contributed by atoms with van der Waals surface area (Å²) in [4.78, 5) is 13.3. The highest BCUT2D eigenvalue weighted by Crippen LogP contribution is 2.35. The average Bonchev–Trinajstić information content (AvgIpc) is 3.13. The summed E-state index contributed by atoms with van der Waals surface area (Å²) in [7, 11) is 3.55. The normalized spacial score (nSPS) is 22.7. The van der Waals surface area contributed by atoms with Crippen LogP contribution in [-0.4, -0.2) is 71.2 Å². The van der Waals surface area contributed by atoms with Crippen LogP contribution in [0, 0.1) is 12.8 Å². The molecule has 2 saturated heterocycles. The number of aryl methyl sites for hydroxylation is 1. The third-order valence-corrected chi connectivity index (χ3v) is 6.57. The summed E-state index contributed by atoms with van der Waals surface area (Å²) in [6.07, 6.45) is 1.79.